The van der Waals surface area contributed by atoms with Crippen LogP contribution in [0.15, 0.2) is 22.5 Å². The number of aliphatic imine (C=N–C) groups is 1. The number of guanidine groups is 1. The molecule has 9 heteroatoms. The van der Waals surface area contributed by atoms with E-state index in [9.17, 15) is 4.79 Å². The van der Waals surface area contributed by atoms with Gasteiger partial charge in [-0.25, -0.2) is 4.99 Å². The number of carbonyl (C=O) groups excluding carboxylic acids is 1. The van der Waals surface area contributed by atoms with Crippen molar-refractivity contribution < 1.29 is 14.3 Å². The lowest BCUT2D eigenvalue weighted by atomic mass is 10.1. The highest BCUT2D eigenvalue weighted by Gasteiger charge is 2.25. The third-order valence-corrected chi connectivity index (χ3v) is 5.11. The topological polar surface area (TPSA) is 66.4 Å². The summed E-state index contributed by atoms with van der Waals surface area (Å²) in [6.07, 6.45) is 1.06. The first-order valence-electron chi connectivity index (χ1n) is 8.92. The van der Waals surface area contributed by atoms with Gasteiger partial charge in [-0.05, 0) is 17.9 Å². The first-order chi connectivity index (χ1) is 12.6. The highest BCUT2D eigenvalue weighted by atomic mass is 127. The number of hydrogen-bond donors (Lipinski definition) is 1. The molecule has 154 valence electrons. The van der Waals surface area contributed by atoms with Crippen LogP contribution in [0.1, 0.15) is 11.3 Å². The van der Waals surface area contributed by atoms with Crippen LogP contribution in [0.2, 0.25) is 0 Å². The Morgan fingerprint density at radius 3 is 2.93 bits per heavy atom. The van der Waals surface area contributed by atoms with E-state index in [1.165, 1.54) is 4.88 Å². The number of ether oxygens (including phenoxy) is 2. The Kier molecular flexibility index (Phi) is 11.9. The lowest BCUT2D eigenvalue weighted by Gasteiger charge is -2.22. The molecule has 1 amide bonds. The molecule has 1 fully saturated rings. The molecule has 1 atom stereocenters. The Balaban J connectivity index is 0.00000364. The monoisotopic (exact) mass is 510 g/mol. The number of likely N-dealkylation sites (tertiary alicyclic amines) is 1. The maximum atomic E-state index is 11.9. The molecule has 2 heterocycles. The van der Waals surface area contributed by atoms with E-state index in [0.29, 0.717) is 19.1 Å². The zero-order chi connectivity index (χ0) is 18.8. The molecule has 0 spiro atoms. The number of carbonyl (C=O) groups is 1. The van der Waals surface area contributed by atoms with Crippen LogP contribution in [-0.4, -0.2) is 82.3 Å². The van der Waals surface area contributed by atoms with E-state index in [4.69, 9.17) is 9.47 Å². The molecular formula is C18H31IN4O3S. The third-order valence-electron chi connectivity index (χ3n) is 4.23. The van der Waals surface area contributed by atoms with Crippen molar-refractivity contribution in [2.24, 2.45) is 10.9 Å². The van der Waals surface area contributed by atoms with Gasteiger partial charge in [0, 0.05) is 45.1 Å². The van der Waals surface area contributed by atoms with E-state index in [1.54, 1.807) is 37.4 Å². The Morgan fingerprint density at radius 1 is 1.44 bits per heavy atom. The number of methoxy groups -OCH3 is 1. The molecule has 0 bridgehead atoms. The van der Waals surface area contributed by atoms with E-state index in [1.807, 2.05) is 6.07 Å². The standard InChI is InChI=1S/C18H30N4O3S.HI/c1-21(2)17(23)12-20-18(19-11-16-5-4-10-26-16)22-7-6-15(13-22)14-25-9-8-24-3;/h4-5,10,15H,6-9,11-14H2,1-3H3,(H,19,20);1H. The summed E-state index contributed by atoms with van der Waals surface area (Å²) in [5, 5.41) is 5.47. The van der Waals surface area contributed by atoms with E-state index in [2.05, 4.69) is 26.7 Å². The number of rotatable bonds is 9. The summed E-state index contributed by atoms with van der Waals surface area (Å²) < 4.78 is 10.7. The molecule has 0 saturated carbocycles. The molecule has 1 aliphatic rings. The molecule has 1 aliphatic heterocycles. The van der Waals surface area contributed by atoms with Gasteiger partial charge in [0.1, 0.15) is 6.54 Å². The second kappa shape index (κ2) is 13.3. The number of thiophene rings is 1. The van der Waals surface area contributed by atoms with Gasteiger partial charge in [-0.3, -0.25) is 4.79 Å². The smallest absolute Gasteiger partial charge is 0.243 e. The highest BCUT2D eigenvalue weighted by molar-refractivity contribution is 14.0. The summed E-state index contributed by atoms with van der Waals surface area (Å²) in [6, 6.07) is 4.13. The average Bonchev–Trinajstić information content (AvgIpc) is 3.30. The maximum Gasteiger partial charge on any atom is 0.243 e. The van der Waals surface area contributed by atoms with Crippen molar-refractivity contribution in [1.82, 2.24) is 15.1 Å². The van der Waals surface area contributed by atoms with Crippen molar-refractivity contribution in [2.75, 3.05) is 60.7 Å². The van der Waals surface area contributed by atoms with E-state index < -0.39 is 0 Å². The number of halogens is 1. The largest absolute Gasteiger partial charge is 0.382 e. The number of hydrogen-bond acceptors (Lipinski definition) is 5. The van der Waals surface area contributed by atoms with Crippen LogP contribution < -0.4 is 5.32 Å². The number of amides is 1. The average molecular weight is 510 g/mol. The number of nitrogens with zero attached hydrogens (tertiary/aromatic N) is 3. The number of nitrogens with one attached hydrogen (secondary N) is 1. The van der Waals surface area contributed by atoms with Gasteiger partial charge in [0.25, 0.3) is 0 Å². The maximum absolute atomic E-state index is 11.9. The molecule has 1 unspecified atom stereocenters. The summed E-state index contributed by atoms with van der Waals surface area (Å²) in [7, 11) is 5.18. The zero-order valence-corrected chi connectivity index (χ0v) is 19.5. The van der Waals surface area contributed by atoms with Crippen molar-refractivity contribution in [3.8, 4) is 0 Å². The molecule has 1 N–H and O–H groups in total. The normalized spacial score (nSPS) is 16.9. The molecule has 1 saturated heterocycles. The fourth-order valence-electron chi connectivity index (χ4n) is 2.68. The lowest BCUT2D eigenvalue weighted by molar-refractivity contribution is -0.127. The van der Waals surface area contributed by atoms with Crippen molar-refractivity contribution in [3.63, 3.8) is 0 Å². The Labute approximate surface area is 183 Å². The Bertz CT molecular complexity index is 569. The van der Waals surface area contributed by atoms with Gasteiger partial charge in [0.2, 0.25) is 5.91 Å². The molecule has 7 nitrogen and oxygen atoms in total. The molecule has 27 heavy (non-hydrogen) atoms. The Morgan fingerprint density at radius 2 is 2.26 bits per heavy atom. The summed E-state index contributed by atoms with van der Waals surface area (Å²) in [5.41, 5.74) is 0. The fraction of sp³-hybridized carbons (Fsp3) is 0.667. The van der Waals surface area contributed by atoms with E-state index in [-0.39, 0.29) is 36.4 Å². The van der Waals surface area contributed by atoms with Gasteiger partial charge in [-0.1, -0.05) is 6.07 Å². The van der Waals surface area contributed by atoms with E-state index in [0.717, 1.165) is 38.6 Å². The summed E-state index contributed by atoms with van der Waals surface area (Å²) in [4.78, 5) is 21.5. The predicted octanol–water partition coefficient (Wildman–Crippen LogP) is 1.88. The second-order valence-electron chi connectivity index (χ2n) is 6.53. The van der Waals surface area contributed by atoms with Crippen molar-refractivity contribution in [2.45, 2.75) is 13.0 Å². The zero-order valence-electron chi connectivity index (χ0n) is 16.3. The number of likely N-dealkylation sites (N-methyl/N-ethyl adjacent to an activating group) is 1. The van der Waals surface area contributed by atoms with Crippen LogP contribution in [0.5, 0.6) is 0 Å². The van der Waals surface area contributed by atoms with Crippen molar-refractivity contribution in [3.05, 3.63) is 22.4 Å². The quantitative estimate of drug-likeness (QED) is 0.238. The van der Waals surface area contributed by atoms with Crippen molar-refractivity contribution >= 4 is 47.2 Å². The summed E-state index contributed by atoms with van der Waals surface area (Å²) >= 11 is 1.71. The van der Waals surface area contributed by atoms with Gasteiger partial charge in [-0.2, -0.15) is 0 Å². The molecular weight excluding hydrogens is 479 g/mol. The summed E-state index contributed by atoms with van der Waals surface area (Å²) in [6.45, 7) is 4.67. The minimum absolute atomic E-state index is 0. The summed E-state index contributed by atoms with van der Waals surface area (Å²) in [5.74, 6) is 1.28. The van der Waals surface area contributed by atoms with Gasteiger partial charge in [-0.15, -0.1) is 35.3 Å². The predicted molar refractivity (Wildman–Crippen MR) is 120 cm³/mol. The molecule has 2 rings (SSSR count). The van der Waals surface area contributed by atoms with Crippen LogP contribution >= 0.6 is 35.3 Å². The molecule has 0 aromatic carbocycles. The highest BCUT2D eigenvalue weighted by Crippen LogP contribution is 2.17. The van der Waals surface area contributed by atoms with Crippen LogP contribution in [-0.2, 0) is 20.8 Å². The van der Waals surface area contributed by atoms with Gasteiger partial charge < -0.3 is 24.6 Å². The molecule has 0 radical (unpaired) electrons. The van der Waals surface area contributed by atoms with Crippen LogP contribution in [0.4, 0.5) is 0 Å². The minimum Gasteiger partial charge on any atom is -0.382 e. The first kappa shape index (κ1) is 24.1. The minimum atomic E-state index is -0.000862. The van der Waals surface area contributed by atoms with E-state index >= 15 is 0 Å². The first-order valence-corrected chi connectivity index (χ1v) is 9.80. The second-order valence-corrected chi connectivity index (χ2v) is 7.56. The third kappa shape index (κ3) is 8.75. The molecule has 0 aliphatic carbocycles. The van der Waals surface area contributed by atoms with Gasteiger partial charge in [0.15, 0.2) is 5.96 Å². The van der Waals surface area contributed by atoms with Crippen LogP contribution in [0, 0.1) is 5.92 Å². The lowest BCUT2D eigenvalue weighted by Crippen LogP contribution is -2.40. The van der Waals surface area contributed by atoms with Crippen LogP contribution in [0.25, 0.3) is 0 Å². The van der Waals surface area contributed by atoms with Crippen molar-refractivity contribution in [1.29, 1.82) is 0 Å². The SMILES string of the molecule is COCCOCC1CCN(C(=NCC(=O)N(C)C)NCc2cccs2)C1.I. The molecule has 1 aromatic heterocycles. The van der Waals surface area contributed by atoms with Crippen LogP contribution in [0.3, 0.4) is 0 Å². The van der Waals surface area contributed by atoms with Gasteiger partial charge >= 0.3 is 0 Å². The Hall–Kier alpha value is -0.910. The van der Waals surface area contributed by atoms with Gasteiger partial charge in [0.05, 0.1) is 26.4 Å². The molecule has 1 aromatic rings. The fourth-order valence-corrected chi connectivity index (χ4v) is 3.33.